The fraction of sp³-hybridized carbons (Fsp3) is 0.357. The SMILES string of the molecule is C=C(CS)Cn1c(CCC)nc2ccccc21. The molecule has 2 nitrogen and oxygen atoms in total. The summed E-state index contributed by atoms with van der Waals surface area (Å²) in [5.74, 6) is 1.87. The highest BCUT2D eigenvalue weighted by molar-refractivity contribution is 7.80. The number of rotatable bonds is 5. The summed E-state index contributed by atoms with van der Waals surface area (Å²) in [5.41, 5.74) is 3.38. The van der Waals surface area contributed by atoms with Crippen molar-refractivity contribution in [2.75, 3.05) is 5.75 Å². The molecule has 0 amide bonds. The summed E-state index contributed by atoms with van der Waals surface area (Å²) in [5, 5.41) is 0. The predicted octanol–water partition coefficient (Wildman–Crippen LogP) is 3.47. The number of nitrogens with zero attached hydrogens (tertiary/aromatic N) is 2. The summed E-state index contributed by atoms with van der Waals surface area (Å²) >= 11 is 4.27. The largest absolute Gasteiger partial charge is 0.324 e. The van der Waals surface area contributed by atoms with Crippen LogP contribution in [-0.4, -0.2) is 15.3 Å². The van der Waals surface area contributed by atoms with Crippen LogP contribution < -0.4 is 0 Å². The Kier molecular flexibility index (Phi) is 3.89. The quantitative estimate of drug-likeness (QED) is 0.631. The van der Waals surface area contributed by atoms with Gasteiger partial charge in [0.2, 0.25) is 0 Å². The number of thiol groups is 1. The Labute approximate surface area is 108 Å². The lowest BCUT2D eigenvalue weighted by Crippen LogP contribution is -2.06. The number of aromatic nitrogens is 2. The first-order valence-electron chi connectivity index (χ1n) is 5.98. The fourth-order valence-corrected chi connectivity index (χ4v) is 2.09. The molecular weight excluding hydrogens is 228 g/mol. The van der Waals surface area contributed by atoms with Gasteiger partial charge in [0.05, 0.1) is 11.0 Å². The summed E-state index contributed by atoms with van der Waals surface area (Å²) in [7, 11) is 0. The molecule has 3 heteroatoms. The number of fused-ring (bicyclic) bond motifs is 1. The van der Waals surface area contributed by atoms with Crippen LogP contribution in [0.4, 0.5) is 0 Å². The molecule has 0 saturated heterocycles. The molecule has 2 aromatic rings. The van der Waals surface area contributed by atoms with E-state index in [1.165, 1.54) is 5.52 Å². The van der Waals surface area contributed by atoms with E-state index in [1.807, 2.05) is 6.07 Å². The van der Waals surface area contributed by atoms with Crippen molar-refractivity contribution >= 4 is 23.7 Å². The average molecular weight is 246 g/mol. The van der Waals surface area contributed by atoms with Crippen LogP contribution >= 0.6 is 12.6 Å². The third kappa shape index (κ3) is 2.55. The maximum Gasteiger partial charge on any atom is 0.110 e. The molecule has 1 aromatic carbocycles. The maximum atomic E-state index is 4.69. The van der Waals surface area contributed by atoms with Gasteiger partial charge in [0.25, 0.3) is 0 Å². The maximum absolute atomic E-state index is 4.69. The van der Waals surface area contributed by atoms with E-state index in [9.17, 15) is 0 Å². The summed E-state index contributed by atoms with van der Waals surface area (Å²) < 4.78 is 2.26. The summed E-state index contributed by atoms with van der Waals surface area (Å²) in [6.07, 6.45) is 2.12. The molecule has 1 aromatic heterocycles. The Morgan fingerprint density at radius 3 is 2.88 bits per heavy atom. The third-order valence-corrected chi connectivity index (χ3v) is 3.26. The molecule has 0 fully saturated rings. The number of para-hydroxylation sites is 2. The molecule has 0 bridgehead atoms. The molecule has 17 heavy (non-hydrogen) atoms. The first kappa shape index (κ1) is 12.2. The van der Waals surface area contributed by atoms with Crippen LogP contribution in [0.2, 0.25) is 0 Å². The molecule has 0 aliphatic heterocycles. The van der Waals surface area contributed by atoms with Gasteiger partial charge in [-0.05, 0) is 24.1 Å². The van der Waals surface area contributed by atoms with E-state index in [0.29, 0.717) is 0 Å². The summed E-state index contributed by atoms with van der Waals surface area (Å²) in [6, 6.07) is 8.27. The van der Waals surface area contributed by atoms with Crippen molar-refractivity contribution in [3.05, 3.63) is 42.2 Å². The van der Waals surface area contributed by atoms with E-state index in [0.717, 1.165) is 42.1 Å². The smallest absolute Gasteiger partial charge is 0.110 e. The normalized spacial score (nSPS) is 10.9. The average Bonchev–Trinajstić information content (AvgIpc) is 2.68. The Hall–Kier alpha value is -1.22. The van der Waals surface area contributed by atoms with E-state index >= 15 is 0 Å². The molecular formula is C14H18N2S. The van der Waals surface area contributed by atoms with Gasteiger partial charge in [-0.3, -0.25) is 0 Å². The van der Waals surface area contributed by atoms with Crippen molar-refractivity contribution in [1.82, 2.24) is 9.55 Å². The first-order valence-corrected chi connectivity index (χ1v) is 6.61. The van der Waals surface area contributed by atoms with Gasteiger partial charge < -0.3 is 4.57 Å². The van der Waals surface area contributed by atoms with Crippen LogP contribution in [0.25, 0.3) is 11.0 Å². The fourth-order valence-electron chi connectivity index (χ4n) is 1.99. The predicted molar refractivity (Wildman–Crippen MR) is 76.7 cm³/mol. The number of hydrogen-bond acceptors (Lipinski definition) is 2. The second-order valence-electron chi connectivity index (χ2n) is 4.26. The second-order valence-corrected chi connectivity index (χ2v) is 4.58. The molecule has 0 aliphatic rings. The van der Waals surface area contributed by atoms with Gasteiger partial charge in [0, 0.05) is 18.7 Å². The van der Waals surface area contributed by atoms with Gasteiger partial charge in [-0.25, -0.2) is 4.98 Å². The number of hydrogen-bond donors (Lipinski definition) is 1. The molecule has 0 saturated carbocycles. The van der Waals surface area contributed by atoms with Gasteiger partial charge in [0.15, 0.2) is 0 Å². The van der Waals surface area contributed by atoms with Crippen molar-refractivity contribution in [2.24, 2.45) is 0 Å². The molecule has 90 valence electrons. The van der Waals surface area contributed by atoms with Crippen LogP contribution in [-0.2, 0) is 13.0 Å². The highest BCUT2D eigenvalue weighted by Crippen LogP contribution is 2.18. The number of benzene rings is 1. The Bertz CT molecular complexity index is 528. The Morgan fingerprint density at radius 1 is 1.41 bits per heavy atom. The van der Waals surface area contributed by atoms with E-state index in [-0.39, 0.29) is 0 Å². The number of imidazole rings is 1. The molecule has 0 aliphatic carbocycles. The molecule has 0 atom stereocenters. The molecule has 2 rings (SSSR count). The lowest BCUT2D eigenvalue weighted by Gasteiger charge is -2.09. The van der Waals surface area contributed by atoms with E-state index < -0.39 is 0 Å². The standard InChI is InChI=1S/C14H18N2S/c1-3-6-14-15-12-7-4-5-8-13(12)16(14)9-11(2)10-17/h4-5,7-8,17H,2-3,6,9-10H2,1H3. The minimum atomic E-state index is 0.720. The van der Waals surface area contributed by atoms with Crippen molar-refractivity contribution in [3.8, 4) is 0 Å². The zero-order valence-corrected chi connectivity index (χ0v) is 11.1. The van der Waals surface area contributed by atoms with Gasteiger partial charge in [-0.15, -0.1) is 0 Å². The monoisotopic (exact) mass is 246 g/mol. The summed E-state index contributed by atoms with van der Waals surface area (Å²) in [4.78, 5) is 4.69. The first-order chi connectivity index (χ1) is 8.26. The van der Waals surface area contributed by atoms with Gasteiger partial charge in [-0.2, -0.15) is 12.6 Å². The highest BCUT2D eigenvalue weighted by Gasteiger charge is 2.09. The second kappa shape index (κ2) is 5.41. The topological polar surface area (TPSA) is 17.8 Å². The minimum absolute atomic E-state index is 0.720. The highest BCUT2D eigenvalue weighted by atomic mass is 32.1. The Morgan fingerprint density at radius 2 is 2.18 bits per heavy atom. The van der Waals surface area contributed by atoms with Crippen molar-refractivity contribution in [2.45, 2.75) is 26.3 Å². The zero-order valence-electron chi connectivity index (χ0n) is 10.2. The summed E-state index contributed by atoms with van der Waals surface area (Å²) in [6.45, 7) is 7.03. The van der Waals surface area contributed by atoms with Crippen LogP contribution in [0.3, 0.4) is 0 Å². The van der Waals surface area contributed by atoms with E-state index in [4.69, 9.17) is 0 Å². The molecule has 0 unspecified atom stereocenters. The molecule has 0 N–H and O–H groups in total. The zero-order chi connectivity index (χ0) is 12.3. The van der Waals surface area contributed by atoms with Crippen molar-refractivity contribution in [1.29, 1.82) is 0 Å². The van der Waals surface area contributed by atoms with Gasteiger partial charge >= 0.3 is 0 Å². The van der Waals surface area contributed by atoms with Gasteiger partial charge in [-0.1, -0.05) is 25.6 Å². The third-order valence-electron chi connectivity index (χ3n) is 2.81. The van der Waals surface area contributed by atoms with Crippen LogP contribution in [0, 0.1) is 0 Å². The van der Waals surface area contributed by atoms with Crippen molar-refractivity contribution < 1.29 is 0 Å². The molecule has 1 heterocycles. The van der Waals surface area contributed by atoms with Gasteiger partial charge in [0.1, 0.15) is 5.82 Å². The minimum Gasteiger partial charge on any atom is -0.324 e. The lowest BCUT2D eigenvalue weighted by atomic mass is 10.3. The molecule has 0 spiro atoms. The van der Waals surface area contributed by atoms with Crippen LogP contribution in [0.5, 0.6) is 0 Å². The van der Waals surface area contributed by atoms with Crippen LogP contribution in [0.15, 0.2) is 36.4 Å². The van der Waals surface area contributed by atoms with Crippen molar-refractivity contribution in [3.63, 3.8) is 0 Å². The van der Waals surface area contributed by atoms with E-state index in [2.05, 4.69) is 53.9 Å². The number of aryl methyl sites for hydroxylation is 1. The Balaban J connectivity index is 2.47. The lowest BCUT2D eigenvalue weighted by molar-refractivity contribution is 0.716. The van der Waals surface area contributed by atoms with E-state index in [1.54, 1.807) is 0 Å². The van der Waals surface area contributed by atoms with Crippen LogP contribution in [0.1, 0.15) is 19.2 Å². The molecule has 0 radical (unpaired) electrons.